The van der Waals surface area contributed by atoms with E-state index in [1.807, 2.05) is 54.6 Å². The number of nitrogens with zero attached hydrogens (tertiary/aromatic N) is 2. The molecule has 0 radical (unpaired) electrons. The van der Waals surface area contributed by atoms with Crippen molar-refractivity contribution in [3.8, 4) is 0 Å². The Hall–Kier alpha value is -4.04. The summed E-state index contributed by atoms with van der Waals surface area (Å²) in [4.78, 5) is 21.5. The Morgan fingerprint density at radius 3 is 1.91 bits per heavy atom. The Labute approximate surface area is 207 Å². The highest BCUT2D eigenvalue weighted by Crippen LogP contribution is 2.40. The van der Waals surface area contributed by atoms with Gasteiger partial charge in [0, 0.05) is 5.38 Å². The van der Waals surface area contributed by atoms with Gasteiger partial charge in [-0.05, 0) is 23.6 Å². The minimum atomic E-state index is -1.17. The van der Waals surface area contributed by atoms with E-state index >= 15 is 0 Å². The van der Waals surface area contributed by atoms with Crippen LogP contribution < -0.4 is 5.32 Å². The number of aromatic nitrogens is 1. The van der Waals surface area contributed by atoms with E-state index in [9.17, 15) is 9.18 Å². The first-order chi connectivity index (χ1) is 17.2. The molecule has 1 aromatic heterocycles. The maximum Gasteiger partial charge on any atom is 0.362 e. The van der Waals surface area contributed by atoms with Crippen molar-refractivity contribution in [2.75, 3.05) is 18.8 Å². The summed E-state index contributed by atoms with van der Waals surface area (Å²) in [5.74, 6) is -0.738. The van der Waals surface area contributed by atoms with Crippen LogP contribution in [-0.2, 0) is 19.9 Å². The van der Waals surface area contributed by atoms with Crippen molar-refractivity contribution in [1.82, 2.24) is 4.98 Å². The van der Waals surface area contributed by atoms with Gasteiger partial charge in [0.05, 0.1) is 6.61 Å². The summed E-state index contributed by atoms with van der Waals surface area (Å²) in [6, 6.07) is 30.2. The van der Waals surface area contributed by atoms with Gasteiger partial charge < -0.3 is 14.9 Å². The number of rotatable bonds is 10. The molecule has 0 fully saturated rings. The summed E-state index contributed by atoms with van der Waals surface area (Å²) in [6.45, 7) is 0.645. The van der Waals surface area contributed by atoms with Crippen molar-refractivity contribution in [2.24, 2.45) is 5.16 Å². The zero-order valence-corrected chi connectivity index (χ0v) is 19.9. The average molecular weight is 490 g/mol. The first-order valence-corrected chi connectivity index (χ1v) is 11.9. The first kappa shape index (κ1) is 24.1. The Morgan fingerprint density at radius 2 is 1.46 bits per heavy atom. The van der Waals surface area contributed by atoms with Gasteiger partial charge in [0.2, 0.25) is 5.71 Å². The predicted octanol–water partition coefficient (Wildman–Crippen LogP) is 5.76. The number of oxime groups is 1. The molecule has 8 heteroatoms. The molecule has 0 saturated heterocycles. The van der Waals surface area contributed by atoms with Crippen molar-refractivity contribution in [1.29, 1.82) is 0 Å². The van der Waals surface area contributed by atoms with Gasteiger partial charge in [-0.1, -0.05) is 96.2 Å². The summed E-state index contributed by atoms with van der Waals surface area (Å²) < 4.78 is 17.6. The summed E-state index contributed by atoms with van der Waals surface area (Å²) in [5.41, 5.74) is 2.28. The third kappa shape index (κ3) is 5.22. The molecule has 0 unspecified atom stereocenters. The Balaban J connectivity index is 1.84. The number of carbonyl (C=O) groups is 1. The number of hydrogen-bond acceptors (Lipinski definition) is 7. The SMILES string of the molecule is CCOC(=O)/C(=N/OCF)c1csc(NC(c2ccccc2)(c2ccccc2)c2ccccc2)n1. The summed E-state index contributed by atoms with van der Waals surface area (Å²) in [6.07, 6.45) is 0. The fourth-order valence-corrected chi connectivity index (χ4v) is 4.61. The van der Waals surface area contributed by atoms with Crippen LogP contribution in [0.15, 0.2) is 102 Å². The molecule has 4 aromatic rings. The maximum absolute atomic E-state index is 12.6. The van der Waals surface area contributed by atoms with Gasteiger partial charge in [-0.15, -0.1) is 11.3 Å². The van der Waals surface area contributed by atoms with E-state index in [2.05, 4.69) is 56.7 Å². The van der Waals surface area contributed by atoms with Crippen LogP contribution in [0.25, 0.3) is 0 Å². The molecule has 4 rings (SSSR count). The second kappa shape index (κ2) is 11.4. The molecule has 0 saturated carbocycles. The van der Waals surface area contributed by atoms with Crippen LogP contribution in [0.5, 0.6) is 0 Å². The molecular formula is C27H24FN3O3S. The molecule has 35 heavy (non-hydrogen) atoms. The number of benzene rings is 3. The largest absolute Gasteiger partial charge is 0.461 e. The van der Waals surface area contributed by atoms with Gasteiger partial charge in [0.15, 0.2) is 5.13 Å². The number of hydrogen-bond donors (Lipinski definition) is 1. The molecule has 0 amide bonds. The zero-order chi connectivity index (χ0) is 24.5. The lowest BCUT2D eigenvalue weighted by Crippen LogP contribution is -2.38. The fraction of sp³-hybridized carbons (Fsp3) is 0.148. The van der Waals surface area contributed by atoms with Crippen molar-refractivity contribution in [3.05, 3.63) is 119 Å². The van der Waals surface area contributed by atoms with Crippen LogP contribution in [0.4, 0.5) is 9.52 Å². The van der Waals surface area contributed by atoms with E-state index in [4.69, 9.17) is 4.74 Å². The van der Waals surface area contributed by atoms with E-state index in [1.54, 1.807) is 12.3 Å². The quantitative estimate of drug-likeness (QED) is 0.133. The minimum absolute atomic E-state index is 0.141. The second-order valence-corrected chi connectivity index (χ2v) is 8.27. The van der Waals surface area contributed by atoms with E-state index in [-0.39, 0.29) is 18.0 Å². The average Bonchev–Trinajstić information content (AvgIpc) is 3.37. The molecule has 0 atom stereocenters. The van der Waals surface area contributed by atoms with Gasteiger partial charge in [-0.25, -0.2) is 14.2 Å². The number of alkyl halides is 1. The minimum Gasteiger partial charge on any atom is -0.461 e. The summed E-state index contributed by atoms with van der Waals surface area (Å²) in [7, 11) is 0. The molecule has 0 bridgehead atoms. The lowest BCUT2D eigenvalue weighted by molar-refractivity contribution is -0.135. The Morgan fingerprint density at radius 1 is 0.943 bits per heavy atom. The van der Waals surface area contributed by atoms with E-state index in [1.165, 1.54) is 11.3 Å². The third-order valence-corrected chi connectivity index (χ3v) is 6.09. The highest BCUT2D eigenvalue weighted by atomic mass is 32.1. The molecule has 0 aliphatic rings. The van der Waals surface area contributed by atoms with Crippen molar-refractivity contribution < 1.29 is 18.8 Å². The van der Waals surface area contributed by atoms with Gasteiger partial charge in [0.25, 0.3) is 6.86 Å². The third-order valence-electron chi connectivity index (χ3n) is 5.34. The lowest BCUT2D eigenvalue weighted by atomic mass is 9.77. The number of esters is 1. The van der Waals surface area contributed by atoms with Gasteiger partial charge in [-0.2, -0.15) is 0 Å². The number of anilines is 1. The topological polar surface area (TPSA) is 72.8 Å². The van der Waals surface area contributed by atoms with Gasteiger partial charge in [-0.3, -0.25) is 0 Å². The molecule has 0 aliphatic carbocycles. The normalized spacial score (nSPS) is 11.7. The molecule has 0 spiro atoms. The fourth-order valence-electron chi connectivity index (χ4n) is 3.86. The van der Waals surface area contributed by atoms with Crippen molar-refractivity contribution >= 4 is 28.1 Å². The second-order valence-electron chi connectivity index (χ2n) is 7.41. The maximum atomic E-state index is 12.6. The van der Waals surface area contributed by atoms with Gasteiger partial charge >= 0.3 is 5.97 Å². The molecule has 0 aliphatic heterocycles. The number of thiazole rings is 1. The zero-order valence-electron chi connectivity index (χ0n) is 19.1. The number of nitrogens with one attached hydrogen (secondary N) is 1. The molecule has 1 heterocycles. The van der Waals surface area contributed by atoms with E-state index < -0.39 is 18.4 Å². The molecule has 1 N–H and O–H groups in total. The first-order valence-electron chi connectivity index (χ1n) is 11.0. The Bertz CT molecular complexity index is 1170. The van der Waals surface area contributed by atoms with Crippen LogP contribution in [-0.4, -0.2) is 30.1 Å². The summed E-state index contributed by atoms with van der Waals surface area (Å²) >= 11 is 1.30. The number of ether oxygens (including phenoxy) is 1. The molecule has 178 valence electrons. The van der Waals surface area contributed by atoms with Crippen LogP contribution in [0, 0.1) is 0 Å². The van der Waals surface area contributed by atoms with Crippen LogP contribution in [0.3, 0.4) is 0 Å². The summed E-state index contributed by atoms with van der Waals surface area (Å²) in [5, 5.41) is 9.42. The Kier molecular flexibility index (Phi) is 7.84. The standard InChI is InChI=1S/C27H24FN3O3S/c1-2-33-25(32)24(31-34-19-28)23-18-35-26(29-23)30-27(20-12-6-3-7-13-20,21-14-8-4-9-15-21)22-16-10-5-11-17-22/h3-18H,2,19H2,1H3,(H,29,30)/b31-24+. The van der Waals surface area contributed by atoms with Crippen LogP contribution in [0.1, 0.15) is 29.3 Å². The highest BCUT2D eigenvalue weighted by Gasteiger charge is 2.37. The molecular weight excluding hydrogens is 465 g/mol. The van der Waals surface area contributed by atoms with Crippen LogP contribution in [0.2, 0.25) is 0 Å². The predicted molar refractivity (Wildman–Crippen MR) is 135 cm³/mol. The van der Waals surface area contributed by atoms with E-state index in [0.717, 1.165) is 16.7 Å². The van der Waals surface area contributed by atoms with Crippen molar-refractivity contribution in [2.45, 2.75) is 12.5 Å². The number of carbonyl (C=O) groups excluding carboxylic acids is 1. The molecule has 6 nitrogen and oxygen atoms in total. The van der Waals surface area contributed by atoms with Crippen LogP contribution >= 0.6 is 11.3 Å². The lowest BCUT2D eigenvalue weighted by Gasteiger charge is -2.36. The van der Waals surface area contributed by atoms with E-state index in [0.29, 0.717) is 5.13 Å². The number of halogens is 1. The molecule has 3 aromatic carbocycles. The smallest absolute Gasteiger partial charge is 0.362 e. The van der Waals surface area contributed by atoms with Crippen molar-refractivity contribution in [3.63, 3.8) is 0 Å². The highest BCUT2D eigenvalue weighted by molar-refractivity contribution is 7.14. The van der Waals surface area contributed by atoms with Gasteiger partial charge in [0.1, 0.15) is 11.2 Å². The monoisotopic (exact) mass is 489 g/mol.